The lowest BCUT2D eigenvalue weighted by atomic mass is 9.85. The van der Waals surface area contributed by atoms with Gasteiger partial charge < -0.3 is 15.7 Å². The van der Waals surface area contributed by atoms with Gasteiger partial charge in [0.2, 0.25) is 5.95 Å². The van der Waals surface area contributed by atoms with Crippen LogP contribution in [0.1, 0.15) is 52.5 Å². The average molecular weight is 304 g/mol. The van der Waals surface area contributed by atoms with E-state index in [4.69, 9.17) is 0 Å². The largest absolute Gasteiger partial charge is 0.393 e. The van der Waals surface area contributed by atoms with E-state index < -0.39 is 0 Å². The third-order valence-electron chi connectivity index (χ3n) is 4.02. The van der Waals surface area contributed by atoms with Crippen molar-refractivity contribution in [2.45, 2.75) is 64.6 Å². The Bertz CT molecular complexity index is 524. The third-order valence-corrected chi connectivity index (χ3v) is 4.02. The van der Waals surface area contributed by atoms with Gasteiger partial charge in [0.1, 0.15) is 5.82 Å². The van der Waals surface area contributed by atoms with Crippen molar-refractivity contribution in [3.05, 3.63) is 18.3 Å². The van der Waals surface area contributed by atoms with Crippen LogP contribution in [0.15, 0.2) is 12.8 Å². The average Bonchev–Trinajstić information content (AvgIpc) is 2.41. The normalized spacial score (nSPS) is 25.6. The lowest BCUT2D eigenvalue weighted by molar-refractivity contribution is 0.0739. The van der Waals surface area contributed by atoms with Crippen molar-refractivity contribution in [3.8, 4) is 0 Å². The molecule has 122 valence electrons. The van der Waals surface area contributed by atoms with E-state index in [2.05, 4.69) is 54.9 Å². The van der Waals surface area contributed by atoms with E-state index in [0.29, 0.717) is 11.9 Å². The summed E-state index contributed by atoms with van der Waals surface area (Å²) >= 11 is 0. The summed E-state index contributed by atoms with van der Waals surface area (Å²) in [4.78, 5) is 8.91. The maximum Gasteiger partial charge on any atom is 0.225 e. The smallest absolute Gasteiger partial charge is 0.225 e. The molecule has 0 unspecified atom stereocenters. The maximum atomic E-state index is 10.1. The summed E-state index contributed by atoms with van der Waals surface area (Å²) in [6, 6.07) is 0.238. The van der Waals surface area contributed by atoms with Gasteiger partial charge in [0.05, 0.1) is 6.10 Å². The van der Waals surface area contributed by atoms with Crippen molar-refractivity contribution < 1.29 is 5.11 Å². The SMILES string of the molecule is C=Cc1cnc(NC(C)(C)C)nc1N[C@@H]1CC[C@@H](C)[C@H](O)C1. The van der Waals surface area contributed by atoms with E-state index in [1.165, 1.54) is 0 Å². The van der Waals surface area contributed by atoms with Crippen molar-refractivity contribution in [1.29, 1.82) is 0 Å². The molecule has 0 radical (unpaired) electrons. The third kappa shape index (κ3) is 4.44. The van der Waals surface area contributed by atoms with Gasteiger partial charge in [0.15, 0.2) is 0 Å². The Kier molecular flexibility index (Phi) is 5.06. The fourth-order valence-corrected chi connectivity index (χ4v) is 2.67. The first-order chi connectivity index (χ1) is 10.3. The Hall–Kier alpha value is -1.62. The summed E-state index contributed by atoms with van der Waals surface area (Å²) in [6.45, 7) is 12.1. The lowest BCUT2D eigenvalue weighted by Gasteiger charge is -2.32. The van der Waals surface area contributed by atoms with E-state index in [9.17, 15) is 5.11 Å². The van der Waals surface area contributed by atoms with Gasteiger partial charge in [-0.05, 0) is 46.0 Å². The van der Waals surface area contributed by atoms with Crippen LogP contribution in [-0.4, -0.2) is 32.8 Å². The Balaban J connectivity index is 2.14. The fraction of sp³-hybridized carbons (Fsp3) is 0.647. The molecule has 0 spiro atoms. The van der Waals surface area contributed by atoms with Gasteiger partial charge in [0, 0.05) is 23.3 Å². The molecule has 3 N–H and O–H groups in total. The van der Waals surface area contributed by atoms with Crippen molar-refractivity contribution in [2.75, 3.05) is 10.6 Å². The molecule has 5 nitrogen and oxygen atoms in total. The highest BCUT2D eigenvalue weighted by atomic mass is 16.3. The number of aliphatic hydroxyl groups is 1. The van der Waals surface area contributed by atoms with Gasteiger partial charge in [-0.2, -0.15) is 4.98 Å². The molecule has 5 heteroatoms. The van der Waals surface area contributed by atoms with Gasteiger partial charge in [-0.15, -0.1) is 0 Å². The van der Waals surface area contributed by atoms with Gasteiger partial charge >= 0.3 is 0 Å². The van der Waals surface area contributed by atoms with Crippen molar-refractivity contribution in [2.24, 2.45) is 5.92 Å². The van der Waals surface area contributed by atoms with Crippen LogP contribution >= 0.6 is 0 Å². The number of rotatable bonds is 4. The second-order valence-corrected chi connectivity index (χ2v) is 7.28. The molecule has 3 atom stereocenters. The molecule has 0 aromatic carbocycles. The van der Waals surface area contributed by atoms with Crippen LogP contribution < -0.4 is 10.6 Å². The number of hydrogen-bond donors (Lipinski definition) is 3. The molecule has 1 aromatic rings. The number of anilines is 2. The number of hydrogen-bond acceptors (Lipinski definition) is 5. The molecular weight excluding hydrogens is 276 g/mol. The number of aromatic nitrogens is 2. The minimum Gasteiger partial charge on any atom is -0.393 e. The molecule has 1 heterocycles. The monoisotopic (exact) mass is 304 g/mol. The molecule has 1 fully saturated rings. The van der Waals surface area contributed by atoms with Crippen LogP contribution in [0.3, 0.4) is 0 Å². The highest BCUT2D eigenvalue weighted by Crippen LogP contribution is 2.27. The zero-order chi connectivity index (χ0) is 16.3. The molecular formula is C17H28N4O. The highest BCUT2D eigenvalue weighted by Gasteiger charge is 2.26. The second kappa shape index (κ2) is 6.65. The first-order valence-corrected chi connectivity index (χ1v) is 8.01. The highest BCUT2D eigenvalue weighted by molar-refractivity contribution is 5.62. The summed E-state index contributed by atoms with van der Waals surface area (Å²) in [5.74, 6) is 1.76. The van der Waals surface area contributed by atoms with E-state index in [1.54, 1.807) is 12.3 Å². The standard InChI is InChI=1S/C17H28N4O/c1-6-12-10-18-16(21-17(3,4)5)20-15(12)19-13-8-7-11(2)14(22)9-13/h6,10-11,13-14,22H,1,7-9H2,2-5H3,(H2,18,19,20,21)/t11-,13-,14-/m1/s1. The van der Waals surface area contributed by atoms with Gasteiger partial charge in [-0.25, -0.2) is 4.98 Å². The van der Waals surface area contributed by atoms with E-state index in [0.717, 1.165) is 30.6 Å². The molecule has 22 heavy (non-hydrogen) atoms. The maximum absolute atomic E-state index is 10.1. The Morgan fingerprint density at radius 3 is 2.68 bits per heavy atom. The number of nitrogens with one attached hydrogen (secondary N) is 2. The minimum absolute atomic E-state index is 0.0938. The fourth-order valence-electron chi connectivity index (χ4n) is 2.67. The van der Waals surface area contributed by atoms with Crippen molar-refractivity contribution in [1.82, 2.24) is 9.97 Å². The number of aliphatic hydroxyl groups excluding tert-OH is 1. The lowest BCUT2D eigenvalue weighted by Crippen LogP contribution is -2.35. The van der Waals surface area contributed by atoms with Crippen LogP contribution in [0.4, 0.5) is 11.8 Å². The Labute approximate surface area is 133 Å². The molecule has 1 aliphatic carbocycles. The zero-order valence-electron chi connectivity index (χ0n) is 14.1. The molecule has 1 aliphatic rings. The first kappa shape index (κ1) is 16.7. The van der Waals surface area contributed by atoms with Gasteiger partial charge in [-0.1, -0.05) is 19.6 Å². The van der Waals surface area contributed by atoms with Gasteiger partial charge in [-0.3, -0.25) is 0 Å². The van der Waals surface area contributed by atoms with Crippen LogP contribution in [0.25, 0.3) is 6.08 Å². The summed E-state index contributed by atoms with van der Waals surface area (Å²) in [5.41, 5.74) is 0.788. The Morgan fingerprint density at radius 1 is 1.36 bits per heavy atom. The van der Waals surface area contributed by atoms with Crippen LogP contribution in [0.2, 0.25) is 0 Å². The summed E-state index contributed by atoms with van der Waals surface area (Å²) < 4.78 is 0. The predicted molar refractivity (Wildman–Crippen MR) is 91.9 cm³/mol. The number of nitrogens with zero attached hydrogens (tertiary/aromatic N) is 2. The Morgan fingerprint density at radius 2 is 2.09 bits per heavy atom. The molecule has 2 rings (SSSR count). The van der Waals surface area contributed by atoms with Crippen molar-refractivity contribution in [3.63, 3.8) is 0 Å². The van der Waals surface area contributed by atoms with E-state index >= 15 is 0 Å². The molecule has 0 amide bonds. The first-order valence-electron chi connectivity index (χ1n) is 8.01. The topological polar surface area (TPSA) is 70.1 Å². The summed E-state index contributed by atoms with van der Waals surface area (Å²) in [5, 5.41) is 16.8. The molecule has 1 saturated carbocycles. The molecule has 0 bridgehead atoms. The van der Waals surface area contributed by atoms with Crippen molar-refractivity contribution >= 4 is 17.8 Å². The van der Waals surface area contributed by atoms with Crippen LogP contribution in [0.5, 0.6) is 0 Å². The van der Waals surface area contributed by atoms with Crippen LogP contribution in [-0.2, 0) is 0 Å². The zero-order valence-corrected chi connectivity index (χ0v) is 14.1. The molecule has 1 aromatic heterocycles. The summed E-state index contributed by atoms with van der Waals surface area (Å²) in [6.07, 6.45) is 6.11. The van der Waals surface area contributed by atoms with E-state index in [1.807, 2.05) is 0 Å². The molecule has 0 aliphatic heterocycles. The summed E-state index contributed by atoms with van der Waals surface area (Å²) in [7, 11) is 0. The van der Waals surface area contributed by atoms with Crippen LogP contribution in [0, 0.1) is 5.92 Å². The van der Waals surface area contributed by atoms with E-state index in [-0.39, 0.29) is 17.7 Å². The quantitative estimate of drug-likeness (QED) is 0.796. The van der Waals surface area contributed by atoms with Gasteiger partial charge in [0.25, 0.3) is 0 Å². The predicted octanol–water partition coefficient (Wildman–Crippen LogP) is 3.29. The second-order valence-electron chi connectivity index (χ2n) is 7.28. The molecule has 0 saturated heterocycles. The minimum atomic E-state index is -0.243.